The predicted molar refractivity (Wildman–Crippen MR) is 63.3 cm³/mol. The Bertz CT molecular complexity index is 564. The molecule has 100 valence electrons. The first-order valence-corrected chi connectivity index (χ1v) is 7.64. The van der Waals surface area contributed by atoms with Gasteiger partial charge in [-0.3, -0.25) is 0 Å². The lowest BCUT2D eigenvalue weighted by Crippen LogP contribution is -2.16. The first kappa shape index (κ1) is 13.0. The lowest BCUT2D eigenvalue weighted by atomic mass is 10.2. The molecule has 2 rings (SSSR count). The van der Waals surface area contributed by atoms with Crippen molar-refractivity contribution in [3.63, 3.8) is 0 Å². The highest BCUT2D eigenvalue weighted by Crippen LogP contribution is 2.25. The number of aromatic nitrogens is 3. The molecule has 1 N–H and O–H groups in total. The van der Waals surface area contributed by atoms with Crippen LogP contribution < -0.4 is 0 Å². The fourth-order valence-corrected chi connectivity index (χ4v) is 3.90. The van der Waals surface area contributed by atoms with Gasteiger partial charge in [0.25, 0.3) is 0 Å². The normalized spacial score (nSPS) is 22.2. The maximum Gasteiger partial charge on any atom is 0.358 e. The van der Waals surface area contributed by atoms with Gasteiger partial charge in [-0.05, 0) is 12.8 Å². The van der Waals surface area contributed by atoms with E-state index < -0.39 is 15.8 Å². The molecule has 1 aliphatic heterocycles. The molecule has 1 aromatic rings. The van der Waals surface area contributed by atoms with Crippen LogP contribution in [0.3, 0.4) is 0 Å². The van der Waals surface area contributed by atoms with E-state index >= 15 is 0 Å². The van der Waals surface area contributed by atoms with Crippen LogP contribution in [0.15, 0.2) is 0 Å². The van der Waals surface area contributed by atoms with Gasteiger partial charge >= 0.3 is 5.97 Å². The van der Waals surface area contributed by atoms with Gasteiger partial charge < -0.3 is 5.11 Å². The molecule has 1 unspecified atom stereocenters. The molecule has 0 aliphatic carbocycles. The van der Waals surface area contributed by atoms with Crippen molar-refractivity contribution in [2.45, 2.75) is 32.2 Å². The molecule has 1 aromatic heterocycles. The molecule has 7 nitrogen and oxygen atoms in total. The number of rotatable bonds is 4. The van der Waals surface area contributed by atoms with Gasteiger partial charge in [-0.1, -0.05) is 18.6 Å². The molecule has 0 bridgehead atoms. The van der Waals surface area contributed by atoms with Crippen LogP contribution in [0.25, 0.3) is 0 Å². The maximum absolute atomic E-state index is 11.4. The Hall–Kier alpha value is -1.44. The maximum atomic E-state index is 11.4. The Morgan fingerprint density at radius 1 is 1.56 bits per heavy atom. The minimum atomic E-state index is -3.02. The van der Waals surface area contributed by atoms with Gasteiger partial charge in [0.2, 0.25) is 0 Å². The Kier molecular flexibility index (Phi) is 3.38. The van der Waals surface area contributed by atoms with Gasteiger partial charge in [0.15, 0.2) is 15.5 Å². The van der Waals surface area contributed by atoms with Crippen molar-refractivity contribution in [2.75, 3.05) is 11.5 Å². The van der Waals surface area contributed by atoms with Gasteiger partial charge in [-0.2, -0.15) is 0 Å². The summed E-state index contributed by atoms with van der Waals surface area (Å²) in [5.41, 5.74) is 0.452. The summed E-state index contributed by atoms with van der Waals surface area (Å²) in [4.78, 5) is 11.0. The van der Waals surface area contributed by atoms with Crippen molar-refractivity contribution in [1.29, 1.82) is 0 Å². The summed E-state index contributed by atoms with van der Waals surface area (Å²) in [5, 5.41) is 16.5. The van der Waals surface area contributed by atoms with Crippen molar-refractivity contribution in [3.8, 4) is 0 Å². The van der Waals surface area contributed by atoms with Crippen molar-refractivity contribution in [1.82, 2.24) is 15.0 Å². The van der Waals surface area contributed by atoms with Crippen LogP contribution in [0.2, 0.25) is 0 Å². The molecule has 0 spiro atoms. The van der Waals surface area contributed by atoms with E-state index in [1.807, 2.05) is 6.92 Å². The van der Waals surface area contributed by atoms with E-state index in [1.54, 1.807) is 0 Å². The van der Waals surface area contributed by atoms with Crippen LogP contribution in [0, 0.1) is 0 Å². The molecule has 0 radical (unpaired) electrons. The largest absolute Gasteiger partial charge is 0.476 e. The standard InChI is InChI=1S/C10H15N3O4S/c1-2-3-8-9(10(14)15)11-12-13(8)7-4-5-18(16,17)6-7/h7H,2-6H2,1H3,(H,14,15). The van der Waals surface area contributed by atoms with Crippen molar-refractivity contribution < 1.29 is 18.3 Å². The third-order valence-electron chi connectivity index (χ3n) is 3.03. The average Bonchev–Trinajstić information content (AvgIpc) is 2.82. The van der Waals surface area contributed by atoms with Crippen LogP contribution in [-0.2, 0) is 16.3 Å². The molecule has 0 amide bonds. The smallest absolute Gasteiger partial charge is 0.358 e. The van der Waals surface area contributed by atoms with Crippen molar-refractivity contribution >= 4 is 15.8 Å². The summed E-state index contributed by atoms with van der Waals surface area (Å²) >= 11 is 0. The lowest BCUT2D eigenvalue weighted by Gasteiger charge is -2.11. The Morgan fingerprint density at radius 2 is 2.28 bits per heavy atom. The summed E-state index contributed by atoms with van der Waals surface area (Å²) in [6, 6.07) is -0.280. The topological polar surface area (TPSA) is 102 Å². The monoisotopic (exact) mass is 273 g/mol. The van der Waals surface area contributed by atoms with Gasteiger partial charge in [0.1, 0.15) is 0 Å². The number of hydrogen-bond acceptors (Lipinski definition) is 5. The fraction of sp³-hybridized carbons (Fsp3) is 0.700. The summed E-state index contributed by atoms with van der Waals surface area (Å²) in [6.45, 7) is 1.92. The number of nitrogens with zero attached hydrogens (tertiary/aromatic N) is 3. The fourth-order valence-electron chi connectivity index (χ4n) is 2.21. The van der Waals surface area contributed by atoms with E-state index in [1.165, 1.54) is 4.68 Å². The quantitative estimate of drug-likeness (QED) is 0.845. The lowest BCUT2D eigenvalue weighted by molar-refractivity contribution is 0.0689. The molecular formula is C10H15N3O4S. The number of carboxylic acids is 1. The van der Waals surface area contributed by atoms with E-state index in [9.17, 15) is 13.2 Å². The minimum Gasteiger partial charge on any atom is -0.476 e. The second kappa shape index (κ2) is 4.68. The summed E-state index contributed by atoms with van der Waals surface area (Å²) in [7, 11) is -3.02. The number of carboxylic acid groups (broad SMARTS) is 1. The molecule has 2 heterocycles. The molecule has 18 heavy (non-hydrogen) atoms. The van der Waals surface area contributed by atoms with Crippen LogP contribution in [0.4, 0.5) is 0 Å². The zero-order chi connectivity index (χ0) is 13.3. The first-order valence-electron chi connectivity index (χ1n) is 5.82. The van der Waals surface area contributed by atoms with Crippen LogP contribution in [-0.4, -0.2) is 46.0 Å². The van der Waals surface area contributed by atoms with Gasteiger partial charge in [0.05, 0.1) is 23.2 Å². The molecule has 1 aliphatic rings. The SMILES string of the molecule is CCCc1c(C(=O)O)nnn1C1CCS(=O)(=O)C1. The van der Waals surface area contributed by atoms with Crippen LogP contribution >= 0.6 is 0 Å². The number of carbonyl (C=O) groups is 1. The number of hydrogen-bond donors (Lipinski definition) is 1. The Balaban J connectivity index is 2.36. The van der Waals surface area contributed by atoms with E-state index in [-0.39, 0.29) is 23.2 Å². The van der Waals surface area contributed by atoms with E-state index in [2.05, 4.69) is 10.3 Å². The van der Waals surface area contributed by atoms with Crippen LogP contribution in [0.1, 0.15) is 42.0 Å². The molecule has 0 saturated carbocycles. The highest BCUT2D eigenvalue weighted by molar-refractivity contribution is 7.91. The van der Waals surface area contributed by atoms with Gasteiger partial charge in [-0.25, -0.2) is 17.9 Å². The highest BCUT2D eigenvalue weighted by atomic mass is 32.2. The predicted octanol–water partition coefficient (Wildman–Crippen LogP) is 0.288. The first-order chi connectivity index (χ1) is 8.44. The molecular weight excluding hydrogens is 258 g/mol. The second-order valence-corrected chi connectivity index (χ2v) is 6.67. The van der Waals surface area contributed by atoms with Crippen molar-refractivity contribution in [3.05, 3.63) is 11.4 Å². The van der Waals surface area contributed by atoms with Crippen LogP contribution in [0.5, 0.6) is 0 Å². The van der Waals surface area contributed by atoms with Crippen molar-refractivity contribution in [2.24, 2.45) is 0 Å². The summed E-state index contributed by atoms with van der Waals surface area (Å²) < 4.78 is 24.4. The van der Waals surface area contributed by atoms with E-state index in [0.717, 1.165) is 6.42 Å². The molecule has 1 atom stereocenters. The molecule has 0 aromatic carbocycles. The molecule has 1 saturated heterocycles. The van der Waals surface area contributed by atoms with E-state index in [0.29, 0.717) is 18.5 Å². The summed E-state index contributed by atoms with van der Waals surface area (Å²) in [5.74, 6) is -0.969. The average molecular weight is 273 g/mol. The van der Waals surface area contributed by atoms with Gasteiger partial charge in [-0.15, -0.1) is 5.10 Å². The minimum absolute atomic E-state index is 0.0200. The molecule has 8 heteroatoms. The second-order valence-electron chi connectivity index (χ2n) is 4.44. The Labute approximate surface area is 105 Å². The third kappa shape index (κ3) is 2.38. The highest BCUT2D eigenvalue weighted by Gasteiger charge is 2.32. The Morgan fingerprint density at radius 3 is 2.78 bits per heavy atom. The number of aromatic carboxylic acids is 1. The molecule has 1 fully saturated rings. The van der Waals surface area contributed by atoms with Gasteiger partial charge in [0, 0.05) is 0 Å². The zero-order valence-electron chi connectivity index (χ0n) is 10.0. The summed E-state index contributed by atoms with van der Waals surface area (Å²) in [6.07, 6.45) is 1.76. The third-order valence-corrected chi connectivity index (χ3v) is 4.78. The van der Waals surface area contributed by atoms with E-state index in [4.69, 9.17) is 5.11 Å². The zero-order valence-corrected chi connectivity index (χ0v) is 10.9. The number of sulfone groups is 1.